The standard InChI is InChI=1S/C19H26N2O5S2/c1-25-13-14-26-12-3-10-20-19(22)16-5-7-18(8-6-16)28(23,24)21-11-9-17-4-2-15-27-17/h2,4-8,15,21H,3,9-14H2,1H3,(H,20,22). The number of amides is 1. The molecular weight excluding hydrogens is 400 g/mol. The molecule has 154 valence electrons. The molecule has 2 N–H and O–H groups in total. The monoisotopic (exact) mass is 426 g/mol. The van der Waals surface area contributed by atoms with Crippen molar-refractivity contribution >= 4 is 27.3 Å². The molecule has 2 aromatic rings. The molecule has 0 aliphatic heterocycles. The first-order chi connectivity index (χ1) is 13.5. The normalized spacial score (nSPS) is 11.5. The first-order valence-corrected chi connectivity index (χ1v) is 11.4. The second-order valence-corrected chi connectivity index (χ2v) is 8.77. The SMILES string of the molecule is COCCOCCCNC(=O)c1ccc(S(=O)(=O)NCCc2cccs2)cc1. The summed E-state index contributed by atoms with van der Waals surface area (Å²) < 4.78 is 37.4. The van der Waals surface area contributed by atoms with Gasteiger partial charge in [-0.15, -0.1) is 11.3 Å². The Morgan fingerprint density at radius 2 is 1.86 bits per heavy atom. The zero-order valence-electron chi connectivity index (χ0n) is 15.8. The van der Waals surface area contributed by atoms with Gasteiger partial charge in [-0.05, 0) is 48.6 Å². The van der Waals surface area contributed by atoms with Gasteiger partial charge in [-0.1, -0.05) is 6.07 Å². The predicted octanol–water partition coefficient (Wildman–Crippen LogP) is 2.05. The van der Waals surface area contributed by atoms with Crippen molar-refractivity contribution < 1.29 is 22.7 Å². The van der Waals surface area contributed by atoms with E-state index in [1.165, 1.54) is 24.3 Å². The predicted molar refractivity (Wildman–Crippen MR) is 109 cm³/mol. The lowest BCUT2D eigenvalue weighted by atomic mass is 10.2. The number of sulfonamides is 1. The molecule has 1 heterocycles. The van der Waals surface area contributed by atoms with E-state index < -0.39 is 10.0 Å². The second kappa shape index (κ2) is 11.9. The van der Waals surface area contributed by atoms with Gasteiger partial charge < -0.3 is 14.8 Å². The number of rotatable bonds is 13. The molecule has 1 aromatic carbocycles. The lowest BCUT2D eigenvalue weighted by molar-refractivity contribution is 0.0688. The van der Waals surface area contributed by atoms with E-state index in [-0.39, 0.29) is 10.8 Å². The van der Waals surface area contributed by atoms with Gasteiger partial charge in [0.1, 0.15) is 0 Å². The smallest absolute Gasteiger partial charge is 0.251 e. The molecule has 0 spiro atoms. The summed E-state index contributed by atoms with van der Waals surface area (Å²) in [4.78, 5) is 13.4. The highest BCUT2D eigenvalue weighted by Crippen LogP contribution is 2.12. The van der Waals surface area contributed by atoms with Crippen molar-refractivity contribution in [2.24, 2.45) is 0 Å². The van der Waals surface area contributed by atoms with Crippen LogP contribution < -0.4 is 10.0 Å². The molecule has 0 saturated heterocycles. The fourth-order valence-corrected chi connectivity index (χ4v) is 4.10. The molecule has 1 aromatic heterocycles. The van der Waals surface area contributed by atoms with E-state index in [1.54, 1.807) is 18.4 Å². The van der Waals surface area contributed by atoms with Gasteiger partial charge in [-0.3, -0.25) is 4.79 Å². The second-order valence-electron chi connectivity index (χ2n) is 5.97. The lowest BCUT2D eigenvalue weighted by Gasteiger charge is -2.08. The van der Waals surface area contributed by atoms with E-state index in [2.05, 4.69) is 10.0 Å². The minimum Gasteiger partial charge on any atom is -0.382 e. The summed E-state index contributed by atoms with van der Waals surface area (Å²) in [6.07, 6.45) is 1.34. The summed E-state index contributed by atoms with van der Waals surface area (Å²) in [6.45, 7) is 2.43. The average molecular weight is 427 g/mol. The van der Waals surface area contributed by atoms with Crippen LogP contribution in [0.3, 0.4) is 0 Å². The Kier molecular flexibility index (Phi) is 9.59. The third-order valence-corrected chi connectivity index (χ3v) is 6.27. The van der Waals surface area contributed by atoms with Gasteiger partial charge in [0.25, 0.3) is 5.91 Å². The molecular formula is C19H26N2O5S2. The first-order valence-electron chi connectivity index (χ1n) is 9.00. The summed E-state index contributed by atoms with van der Waals surface area (Å²) in [5.41, 5.74) is 0.415. The highest BCUT2D eigenvalue weighted by Gasteiger charge is 2.14. The van der Waals surface area contributed by atoms with Crippen molar-refractivity contribution in [2.75, 3.05) is 40.0 Å². The lowest BCUT2D eigenvalue weighted by Crippen LogP contribution is -2.27. The third kappa shape index (κ3) is 7.69. The van der Waals surface area contributed by atoms with E-state index in [4.69, 9.17) is 9.47 Å². The molecule has 0 aliphatic rings. The van der Waals surface area contributed by atoms with Gasteiger partial charge in [0.2, 0.25) is 10.0 Å². The van der Waals surface area contributed by atoms with Crippen molar-refractivity contribution in [3.05, 3.63) is 52.2 Å². The van der Waals surface area contributed by atoms with Gasteiger partial charge in [0.15, 0.2) is 0 Å². The number of carbonyl (C=O) groups is 1. The number of hydrogen-bond acceptors (Lipinski definition) is 6. The fourth-order valence-electron chi connectivity index (χ4n) is 2.35. The summed E-state index contributed by atoms with van der Waals surface area (Å²) >= 11 is 1.59. The van der Waals surface area contributed by atoms with Crippen molar-refractivity contribution in [2.45, 2.75) is 17.7 Å². The Labute approximate surface area is 170 Å². The largest absolute Gasteiger partial charge is 0.382 e. The van der Waals surface area contributed by atoms with E-state index >= 15 is 0 Å². The maximum Gasteiger partial charge on any atom is 0.251 e. The Bertz CT molecular complexity index is 805. The van der Waals surface area contributed by atoms with Crippen LogP contribution in [0.4, 0.5) is 0 Å². The third-order valence-electron chi connectivity index (χ3n) is 3.85. The molecule has 0 radical (unpaired) electrons. The van der Waals surface area contributed by atoms with Crippen LogP contribution in [-0.2, 0) is 25.9 Å². The molecule has 1 amide bonds. The number of thiophene rings is 1. The summed E-state index contributed by atoms with van der Waals surface area (Å²) in [6, 6.07) is 9.81. The highest BCUT2D eigenvalue weighted by atomic mass is 32.2. The van der Waals surface area contributed by atoms with Crippen molar-refractivity contribution in [1.82, 2.24) is 10.0 Å². The molecule has 0 unspecified atom stereocenters. The molecule has 0 atom stereocenters. The van der Waals surface area contributed by atoms with Crippen LogP contribution in [-0.4, -0.2) is 54.3 Å². The van der Waals surface area contributed by atoms with E-state index in [0.29, 0.717) is 51.3 Å². The topological polar surface area (TPSA) is 93.7 Å². The van der Waals surface area contributed by atoms with Gasteiger partial charge >= 0.3 is 0 Å². The molecule has 9 heteroatoms. The zero-order chi connectivity index (χ0) is 20.2. The van der Waals surface area contributed by atoms with Crippen LogP contribution in [0.2, 0.25) is 0 Å². The Balaban J connectivity index is 1.75. The minimum absolute atomic E-state index is 0.141. The van der Waals surface area contributed by atoms with Crippen LogP contribution in [0, 0.1) is 0 Å². The van der Waals surface area contributed by atoms with Crippen molar-refractivity contribution in [3.63, 3.8) is 0 Å². The summed E-state index contributed by atoms with van der Waals surface area (Å²) in [5.74, 6) is -0.244. The van der Waals surface area contributed by atoms with E-state index in [0.717, 1.165) is 4.88 Å². The van der Waals surface area contributed by atoms with E-state index in [9.17, 15) is 13.2 Å². The van der Waals surface area contributed by atoms with E-state index in [1.807, 2.05) is 17.5 Å². The van der Waals surface area contributed by atoms with Gasteiger partial charge in [0.05, 0.1) is 18.1 Å². The molecule has 28 heavy (non-hydrogen) atoms. The fraction of sp³-hybridized carbons (Fsp3) is 0.421. The summed E-state index contributed by atoms with van der Waals surface area (Å²) in [5, 5.41) is 4.74. The van der Waals surface area contributed by atoms with Gasteiger partial charge in [-0.2, -0.15) is 0 Å². The zero-order valence-corrected chi connectivity index (χ0v) is 17.5. The molecule has 7 nitrogen and oxygen atoms in total. The molecule has 0 bridgehead atoms. The minimum atomic E-state index is -3.59. The van der Waals surface area contributed by atoms with Crippen molar-refractivity contribution in [1.29, 1.82) is 0 Å². The van der Waals surface area contributed by atoms with Gasteiger partial charge in [0, 0.05) is 37.2 Å². The maximum absolute atomic E-state index is 12.3. The van der Waals surface area contributed by atoms with Crippen LogP contribution in [0.5, 0.6) is 0 Å². The number of ether oxygens (including phenoxy) is 2. The van der Waals surface area contributed by atoms with Crippen LogP contribution in [0.25, 0.3) is 0 Å². The number of hydrogen-bond donors (Lipinski definition) is 2. The number of methoxy groups -OCH3 is 1. The van der Waals surface area contributed by atoms with Crippen LogP contribution in [0.1, 0.15) is 21.7 Å². The first kappa shape index (κ1) is 22.5. The van der Waals surface area contributed by atoms with Crippen molar-refractivity contribution in [3.8, 4) is 0 Å². The summed E-state index contributed by atoms with van der Waals surface area (Å²) in [7, 11) is -1.98. The molecule has 0 aliphatic carbocycles. The Morgan fingerprint density at radius 3 is 2.54 bits per heavy atom. The van der Waals surface area contributed by atoms with Gasteiger partial charge in [-0.25, -0.2) is 13.1 Å². The highest BCUT2D eigenvalue weighted by molar-refractivity contribution is 7.89. The molecule has 2 rings (SSSR count). The van der Waals surface area contributed by atoms with Crippen LogP contribution >= 0.6 is 11.3 Å². The Hall–Kier alpha value is -1.78. The average Bonchev–Trinajstić information content (AvgIpc) is 3.20. The maximum atomic E-state index is 12.3. The number of carbonyl (C=O) groups excluding carboxylic acids is 1. The number of nitrogens with one attached hydrogen (secondary N) is 2. The molecule has 0 saturated carbocycles. The quantitative estimate of drug-likeness (QED) is 0.478. The molecule has 0 fully saturated rings. The Morgan fingerprint density at radius 1 is 1.07 bits per heavy atom. The van der Waals surface area contributed by atoms with Crippen LogP contribution in [0.15, 0.2) is 46.7 Å². The number of benzene rings is 1.